The third-order valence-corrected chi connectivity index (χ3v) is 28.6. The van der Waals surface area contributed by atoms with Crippen molar-refractivity contribution in [2.75, 3.05) is 74.0 Å². The van der Waals surface area contributed by atoms with Crippen LogP contribution in [0.4, 0.5) is 39.4 Å². The average Bonchev–Trinajstić information content (AvgIpc) is 1.58. The Morgan fingerprint density at radius 1 is 0.358 bits per heavy atom. The van der Waals surface area contributed by atoms with Crippen LogP contribution in [0.25, 0.3) is 66.7 Å². The van der Waals surface area contributed by atoms with Crippen LogP contribution in [-0.4, -0.2) is 307 Å². The van der Waals surface area contributed by atoms with E-state index < -0.39 is 256 Å². The van der Waals surface area contributed by atoms with Crippen LogP contribution in [-0.2, 0) is 110 Å². The number of aromatic amines is 3. The summed E-state index contributed by atoms with van der Waals surface area (Å²) in [6.45, 7) is -3.43. The summed E-state index contributed by atoms with van der Waals surface area (Å²) < 4.78 is 198. The van der Waals surface area contributed by atoms with E-state index in [0.29, 0.717) is 16.7 Å². The Kier molecular flexibility index (Phi) is 25.1. The number of halogens is 1. The molecule has 30 atom stereocenters. The molecule has 0 spiro atoms. The highest BCUT2D eigenvalue weighted by molar-refractivity contribution is 7.48. The summed E-state index contributed by atoms with van der Waals surface area (Å²) in [5.74, 6) is -1.34. The largest absolute Gasteiger partial charge is 0.472 e. The zero-order chi connectivity index (χ0) is 97.2. The lowest BCUT2D eigenvalue weighted by Crippen LogP contribution is -2.36. The average molecular weight is 2050 g/mol. The first-order valence-electron chi connectivity index (χ1n) is 40.0. The number of H-pyrrole nitrogens is 3. The van der Waals surface area contributed by atoms with Crippen molar-refractivity contribution in [2.45, 2.75) is 154 Å². The third-order valence-electron chi connectivity index (χ3n) is 22.7. The zero-order valence-corrected chi connectivity index (χ0v) is 74.3. The van der Waals surface area contributed by atoms with Crippen molar-refractivity contribution in [1.29, 1.82) is 0 Å². The normalized spacial score (nSPS) is 37.3. The van der Waals surface area contributed by atoms with E-state index in [9.17, 15) is 106 Å². The van der Waals surface area contributed by atoms with Gasteiger partial charge in [-0.05, 0) is 25.1 Å². The van der Waals surface area contributed by atoms with Crippen molar-refractivity contribution in [3.05, 3.63) is 111 Å². The second-order valence-electron chi connectivity index (χ2n) is 31.5. The van der Waals surface area contributed by atoms with E-state index in [4.69, 9.17) is 117 Å². The van der Waals surface area contributed by atoms with Crippen molar-refractivity contribution in [3.63, 3.8) is 0 Å². The number of phosphoric acid groups is 6. The highest BCUT2D eigenvalue weighted by Crippen LogP contribution is 2.59. The summed E-state index contributed by atoms with van der Waals surface area (Å²) in [4.78, 5) is 152. The second kappa shape index (κ2) is 35.9. The molecule has 21 rings (SSSR count). The van der Waals surface area contributed by atoms with Crippen molar-refractivity contribution in [3.8, 4) is 0 Å². The first-order chi connectivity index (χ1) is 64.8. The maximum absolute atomic E-state index is 14.8. The standard InChI is InChI=1S/C22H25FN8O13P2.C22H26N8O13P2.C21H26N10O13P2/c23-7-3-30(17-11(7)8(24)1-2-26-17)20-14(33)15-10(42-20)5-40-46(37,38)44-16-13(32)9(4-39-45(35,36)43-15)41-21(16)31-6-27-12-18(31)28-22(25)29-19(12)34;23-9-1-3-25-17-8(9)2-4-29(17)20-14(32)15-11(41-20)6-39-45(36,37)43-16-13(31)10(5-38-44(34,35)42-15)40-21(16)30-7-26-12-18(30)27-22(24)28-19(12)33;1-6-26-15(22)9-16(27-6)30(4-24-9)19-12(33)13-8(42-19)3-40-46(37,38)44-14-11(32)7(2-39-45(35,36)43-13)41-20(14)31-5-25-10-17(31)28-21(23)29-18(10)34/h1-3,6,9-10,13-16,20-21,32-33H,4-5H2,(H2,24,26)(H,35,36)(H,37,38)(H3,25,28,29,34);1-4,7,10-11,13-16,20-21,31-32H,5-6H2,(H2,23,25)(H,34,35)(H,36,37)(H3,24,27,28,33);4-5,7-8,11-14,19-20,32-33H,2-3H2,1H3,(H,35,36)(H,37,38)(H2,22,26,27)(H3,23,28,29,34)/t9-,10-,13-,14-,15-,16-,20-,21-;10-,11-,13-,14-,15-,16-,20-,21-;7-,8-,11-,12-,13-,14-,19-,20-/m111/s1. The number of nitrogens with zero attached hydrogens (tertiary/aromatic N) is 17. The number of hydrogen-bond acceptors (Lipinski definition) is 50. The van der Waals surface area contributed by atoms with E-state index >= 15 is 0 Å². The maximum atomic E-state index is 14.8. The van der Waals surface area contributed by atoms with Gasteiger partial charge in [0.1, 0.15) is 133 Å². The van der Waals surface area contributed by atoms with Gasteiger partial charge in [-0.2, -0.15) is 15.0 Å². The second-order valence-corrected chi connectivity index (χ2v) is 39.9. The number of aryl methyl sites for hydroxylation is 1. The number of aliphatic hydroxyl groups is 6. The fraction of sp³-hybridized carbons (Fsp3) is 0.477. The number of nitrogens with two attached hydrogens (primary N) is 6. The summed E-state index contributed by atoms with van der Waals surface area (Å²) in [5, 5.41) is 67.0. The van der Waals surface area contributed by atoms with Gasteiger partial charge in [0, 0.05) is 41.5 Å². The number of imidazole rings is 4. The van der Waals surface area contributed by atoms with Crippen molar-refractivity contribution < 1.29 is 174 Å². The molecule has 0 saturated carbocycles. The van der Waals surface area contributed by atoms with E-state index in [1.165, 1.54) is 40.1 Å². The van der Waals surface area contributed by atoms with Gasteiger partial charge in [-0.25, -0.2) is 71.7 Å². The molecule has 12 aromatic rings. The van der Waals surface area contributed by atoms with Gasteiger partial charge < -0.3 is 132 Å². The predicted molar refractivity (Wildman–Crippen MR) is 444 cm³/mol. The maximum Gasteiger partial charge on any atom is 0.472 e. The van der Waals surface area contributed by atoms with Crippen LogP contribution in [0, 0.1) is 12.7 Å². The Morgan fingerprint density at radius 3 is 1.04 bits per heavy atom. The van der Waals surface area contributed by atoms with E-state index in [0.717, 1.165) is 43.4 Å². The molecule has 9 saturated heterocycles. The Bertz CT molecular complexity index is 7230. The molecule has 21 heterocycles. The molecule has 0 radical (unpaired) electrons. The Labute approximate surface area is 756 Å². The number of aliphatic hydroxyl groups excluding tert-OH is 6. The summed E-state index contributed by atoms with van der Waals surface area (Å²) in [6.07, 6.45) is -28.6. The lowest BCUT2D eigenvalue weighted by atomic mass is 10.1. The number of hydrogen-bond donors (Lipinski definition) is 21. The van der Waals surface area contributed by atoms with Crippen LogP contribution in [0.1, 0.15) is 43.2 Å². The van der Waals surface area contributed by atoms with Crippen LogP contribution in [0.2, 0.25) is 0 Å². The molecule has 6 unspecified atom stereocenters. The van der Waals surface area contributed by atoms with Crippen LogP contribution in [0.3, 0.4) is 0 Å². The molecular formula is C65H77FN26O39P6. The summed E-state index contributed by atoms with van der Waals surface area (Å²) in [6, 6.07) is 4.55. The van der Waals surface area contributed by atoms with Gasteiger partial charge in [0.25, 0.3) is 16.7 Å². The molecule has 0 aliphatic carbocycles. The van der Waals surface area contributed by atoms with Crippen molar-refractivity contribution in [2.24, 2.45) is 0 Å². The molecule has 9 fully saturated rings. The van der Waals surface area contributed by atoms with Gasteiger partial charge in [-0.1, -0.05) is 0 Å². The Hall–Kier alpha value is -10.1. The summed E-state index contributed by atoms with van der Waals surface area (Å²) in [7, 11) is -30.6. The molecule has 137 heavy (non-hydrogen) atoms. The van der Waals surface area contributed by atoms with Gasteiger partial charge in [-0.15, -0.1) is 0 Å². The van der Waals surface area contributed by atoms with Gasteiger partial charge in [0.2, 0.25) is 17.8 Å². The van der Waals surface area contributed by atoms with Gasteiger partial charge in [-0.3, -0.25) is 102 Å². The molecule has 0 amide bonds. The van der Waals surface area contributed by atoms with E-state index in [1.54, 1.807) is 19.1 Å². The van der Waals surface area contributed by atoms with E-state index in [-0.39, 0.29) is 90.9 Å². The monoisotopic (exact) mass is 2050 g/mol. The zero-order valence-electron chi connectivity index (χ0n) is 69.0. The SMILES string of the molecule is Cc1nc(N)c2ncn([C@@H]3O[C@@H]4COP(=O)(O)O[C@@H]5[C@H](O)[C@@H](COP(=O)(O)O[C@H]4[C@H]3O)O[C@H]5n3cnc4c(=O)[nH]c(N)nc43)c2n1.Nc1nc2c(ncn2[C@@H]2O[C@@H]3COP(=O)(O)O[C@H]4[C@@H](O)[C@H](n5cc(F)c6c(N)ccnc65)O[C@@H]4COP(=O)(O)O[C@@H]2[C@@H]3O)c(=O)[nH]1.Nc1nc2c(ncn2[C@@H]2O[C@@H]3COP(=O)(O)O[C@H]4[C@@H](O)[C@H](n5ccc6c(N)ccnc65)O[C@@H]4COP(=O)(O)O[C@@H]2[C@@H]3O)c(=O)[nH]1. The van der Waals surface area contributed by atoms with Crippen LogP contribution in [0.5, 0.6) is 0 Å². The number of pyridine rings is 2. The van der Waals surface area contributed by atoms with Crippen LogP contribution in [0.15, 0.2) is 82.7 Å². The number of ether oxygens (including phenoxy) is 6. The summed E-state index contributed by atoms with van der Waals surface area (Å²) >= 11 is 0. The number of nitrogen functional groups attached to an aromatic ring is 6. The fourth-order valence-electron chi connectivity index (χ4n) is 16.6. The third kappa shape index (κ3) is 18.3. The number of rotatable bonds is 6. The van der Waals surface area contributed by atoms with E-state index in [2.05, 4.69) is 69.8 Å². The first-order valence-corrected chi connectivity index (χ1v) is 48.9. The number of phosphoric ester groups is 6. The smallest absolute Gasteiger partial charge is 0.398 e. The minimum Gasteiger partial charge on any atom is -0.398 e. The molecule has 9 aliphatic heterocycles. The van der Waals surface area contributed by atoms with Crippen molar-refractivity contribution in [1.82, 2.24) is 97.2 Å². The van der Waals surface area contributed by atoms with Gasteiger partial charge in [0.15, 0.2) is 88.1 Å². The minimum absolute atomic E-state index is 0.0367. The van der Waals surface area contributed by atoms with Crippen LogP contribution >= 0.6 is 46.9 Å². The molecule has 65 nitrogen and oxygen atoms in total. The molecule has 12 aromatic heterocycles. The fourth-order valence-corrected chi connectivity index (χ4v) is 22.3. The quantitative estimate of drug-likeness (QED) is 0.0703. The molecule has 72 heteroatoms. The molecule has 27 N–H and O–H groups in total. The molecule has 0 aromatic carbocycles. The topological polar surface area (TPSA) is 937 Å². The highest BCUT2D eigenvalue weighted by Gasteiger charge is 2.59. The number of fused-ring (bicyclic) bond motifs is 15. The minimum atomic E-state index is -5.16. The molecular weight excluding hydrogens is 1970 g/mol. The molecule has 9 aliphatic rings. The molecule has 6 bridgehead atoms. The van der Waals surface area contributed by atoms with E-state index in [1.807, 2.05) is 0 Å². The molecule has 738 valence electrons. The Balaban J connectivity index is 0.000000132. The highest BCUT2D eigenvalue weighted by atomic mass is 31.2. The summed E-state index contributed by atoms with van der Waals surface area (Å²) in [5.41, 5.74) is 32.8. The lowest BCUT2D eigenvalue weighted by molar-refractivity contribution is -0.0673. The first kappa shape index (κ1) is 95.8. The number of aromatic nitrogens is 20. The van der Waals surface area contributed by atoms with Gasteiger partial charge in [0.05, 0.1) is 70.3 Å². The number of nitrogens with one attached hydrogen (secondary N) is 3. The number of anilines is 6. The van der Waals surface area contributed by atoms with Gasteiger partial charge >= 0.3 is 46.9 Å². The Morgan fingerprint density at radius 2 is 0.664 bits per heavy atom. The lowest BCUT2D eigenvalue weighted by Gasteiger charge is -2.25. The predicted octanol–water partition coefficient (Wildman–Crippen LogP) is -4.16. The van der Waals surface area contributed by atoms with Crippen LogP contribution < -0.4 is 51.1 Å². The van der Waals surface area contributed by atoms with Crippen molar-refractivity contribution >= 4 is 149 Å².